The molecule has 1 aliphatic heterocycles. The highest BCUT2D eigenvalue weighted by Gasteiger charge is 2.34. The van der Waals surface area contributed by atoms with Gasteiger partial charge in [0.05, 0.1) is 25.3 Å². The van der Waals surface area contributed by atoms with E-state index in [1.807, 2.05) is 35.0 Å². The molecule has 0 bridgehead atoms. The van der Waals surface area contributed by atoms with E-state index in [9.17, 15) is 4.79 Å². The van der Waals surface area contributed by atoms with Gasteiger partial charge < -0.3 is 10.1 Å². The van der Waals surface area contributed by atoms with E-state index in [0.29, 0.717) is 17.6 Å². The number of nitrogens with one attached hydrogen (secondary N) is 1. The lowest BCUT2D eigenvalue weighted by molar-refractivity contribution is -0.141. The summed E-state index contributed by atoms with van der Waals surface area (Å²) in [6.45, 7) is 0. The monoisotopic (exact) mass is 361 g/mol. The first kappa shape index (κ1) is 16.0. The van der Waals surface area contributed by atoms with E-state index in [0.717, 1.165) is 22.6 Å². The van der Waals surface area contributed by atoms with Gasteiger partial charge in [-0.25, -0.2) is 14.6 Å². The second kappa shape index (κ2) is 6.19. The average molecular weight is 361 g/mol. The summed E-state index contributed by atoms with van der Waals surface area (Å²) in [6, 6.07) is 11.6. The molecule has 1 atom stereocenters. The van der Waals surface area contributed by atoms with Gasteiger partial charge >= 0.3 is 5.97 Å². The van der Waals surface area contributed by atoms with Crippen molar-refractivity contribution < 1.29 is 9.53 Å². The van der Waals surface area contributed by atoms with Gasteiger partial charge in [0.25, 0.3) is 0 Å². The van der Waals surface area contributed by atoms with Gasteiger partial charge in [-0.05, 0) is 12.8 Å². The van der Waals surface area contributed by atoms with Crippen molar-refractivity contribution in [1.29, 1.82) is 0 Å². The maximum atomic E-state index is 12.0. The van der Waals surface area contributed by atoms with Crippen molar-refractivity contribution in [3.05, 3.63) is 53.9 Å². The molecule has 1 N–H and O–H groups in total. The van der Waals surface area contributed by atoms with E-state index in [4.69, 9.17) is 14.8 Å². The lowest BCUT2D eigenvalue weighted by atomic mass is 10.0. The fourth-order valence-corrected chi connectivity index (χ4v) is 3.48. The van der Waals surface area contributed by atoms with Gasteiger partial charge in [-0.2, -0.15) is 5.10 Å². The molecular formula is C20H19N5O2. The van der Waals surface area contributed by atoms with Crippen LogP contribution in [0.2, 0.25) is 0 Å². The number of methoxy groups -OCH3 is 1. The summed E-state index contributed by atoms with van der Waals surface area (Å²) in [5.74, 6) is 2.46. The molecule has 3 aromatic rings. The third-order valence-corrected chi connectivity index (χ3v) is 5.09. The number of carbonyl (C=O) groups excluding carboxylic acids is 1. The zero-order valence-electron chi connectivity index (χ0n) is 14.9. The number of nitrogens with zero attached hydrogens (tertiary/aromatic N) is 4. The molecule has 7 nitrogen and oxygen atoms in total. The molecule has 7 heteroatoms. The number of rotatable bonds is 4. The van der Waals surface area contributed by atoms with Crippen LogP contribution in [0.1, 0.15) is 42.5 Å². The number of ether oxygens (including phenoxy) is 1. The van der Waals surface area contributed by atoms with Crippen LogP contribution in [0.3, 0.4) is 0 Å². The van der Waals surface area contributed by atoms with Crippen molar-refractivity contribution in [2.75, 3.05) is 12.4 Å². The Hall–Kier alpha value is -3.22. The Morgan fingerprint density at radius 3 is 2.85 bits per heavy atom. The van der Waals surface area contributed by atoms with E-state index < -0.39 is 0 Å². The van der Waals surface area contributed by atoms with Crippen molar-refractivity contribution >= 4 is 17.6 Å². The number of esters is 1. The van der Waals surface area contributed by atoms with Crippen LogP contribution in [-0.2, 0) is 9.53 Å². The lowest BCUT2D eigenvalue weighted by Crippen LogP contribution is -2.24. The predicted octanol–water partition coefficient (Wildman–Crippen LogP) is 3.43. The van der Waals surface area contributed by atoms with Crippen molar-refractivity contribution in [2.24, 2.45) is 0 Å². The topological polar surface area (TPSA) is 81.9 Å². The molecule has 0 saturated heterocycles. The third kappa shape index (κ3) is 2.85. The van der Waals surface area contributed by atoms with Gasteiger partial charge in [-0.1, -0.05) is 30.3 Å². The molecule has 1 aliphatic carbocycles. The SMILES string of the molecule is COC(=O)CC1c2cnc(-c3ccccc3)nc2Nc2cc(C3CC3)nn21. The number of fused-ring (bicyclic) bond motifs is 2. The van der Waals surface area contributed by atoms with Gasteiger partial charge in [-0.15, -0.1) is 0 Å². The van der Waals surface area contributed by atoms with Crippen molar-refractivity contribution in [1.82, 2.24) is 19.7 Å². The molecule has 27 heavy (non-hydrogen) atoms. The number of hydrogen-bond acceptors (Lipinski definition) is 6. The van der Waals surface area contributed by atoms with Crippen LogP contribution in [0.5, 0.6) is 0 Å². The molecule has 2 aliphatic rings. The summed E-state index contributed by atoms with van der Waals surface area (Å²) < 4.78 is 6.77. The zero-order chi connectivity index (χ0) is 18.4. The minimum atomic E-state index is -0.283. The molecule has 1 unspecified atom stereocenters. The molecule has 1 saturated carbocycles. The quantitative estimate of drug-likeness (QED) is 0.717. The van der Waals surface area contributed by atoms with Gasteiger partial charge in [0, 0.05) is 29.3 Å². The molecule has 2 aromatic heterocycles. The minimum absolute atomic E-state index is 0.192. The van der Waals surface area contributed by atoms with E-state index >= 15 is 0 Å². The van der Waals surface area contributed by atoms with Crippen LogP contribution in [-0.4, -0.2) is 32.8 Å². The Morgan fingerprint density at radius 2 is 2.11 bits per heavy atom. The minimum Gasteiger partial charge on any atom is -0.469 e. The fraction of sp³-hybridized carbons (Fsp3) is 0.300. The molecule has 0 spiro atoms. The molecule has 0 radical (unpaired) electrons. The smallest absolute Gasteiger partial charge is 0.308 e. The average Bonchev–Trinajstić information content (AvgIpc) is 3.47. The summed E-state index contributed by atoms with van der Waals surface area (Å²) in [5.41, 5.74) is 2.86. The summed E-state index contributed by atoms with van der Waals surface area (Å²) in [7, 11) is 1.40. The highest BCUT2D eigenvalue weighted by molar-refractivity contribution is 5.73. The van der Waals surface area contributed by atoms with E-state index in [-0.39, 0.29) is 18.4 Å². The zero-order valence-corrected chi connectivity index (χ0v) is 14.9. The Labute approximate surface area is 156 Å². The number of benzene rings is 1. The summed E-state index contributed by atoms with van der Waals surface area (Å²) in [6.07, 6.45) is 4.32. The standard InChI is InChI=1S/C20H19N5O2/c1-27-18(26)10-16-14-11-21-19(13-5-3-2-4-6-13)23-20(14)22-17-9-15(12-7-8-12)24-25(16)17/h2-6,9,11-12,16H,7-8,10H2,1H3,(H,21,22,23). The molecule has 5 rings (SSSR count). The van der Waals surface area contributed by atoms with E-state index in [1.165, 1.54) is 20.0 Å². The Kier molecular flexibility index (Phi) is 3.67. The molecule has 1 aromatic carbocycles. The largest absolute Gasteiger partial charge is 0.469 e. The maximum absolute atomic E-state index is 12.0. The van der Waals surface area contributed by atoms with Crippen molar-refractivity contribution in [2.45, 2.75) is 31.2 Å². The van der Waals surface area contributed by atoms with Gasteiger partial charge in [-0.3, -0.25) is 4.79 Å². The molecule has 136 valence electrons. The highest BCUT2D eigenvalue weighted by Crippen LogP contribution is 2.43. The Bertz CT molecular complexity index is 1010. The first-order chi connectivity index (χ1) is 13.2. The first-order valence-corrected chi connectivity index (χ1v) is 9.08. The van der Waals surface area contributed by atoms with Gasteiger partial charge in [0.15, 0.2) is 5.82 Å². The number of carbonyl (C=O) groups is 1. The fourth-order valence-electron chi connectivity index (χ4n) is 3.48. The van der Waals surface area contributed by atoms with Crippen LogP contribution in [0.15, 0.2) is 42.6 Å². The Balaban J connectivity index is 1.58. The molecule has 3 heterocycles. The Morgan fingerprint density at radius 1 is 1.30 bits per heavy atom. The predicted molar refractivity (Wildman–Crippen MR) is 99.7 cm³/mol. The first-order valence-electron chi connectivity index (χ1n) is 9.08. The van der Waals surface area contributed by atoms with Gasteiger partial charge in [0.1, 0.15) is 11.6 Å². The van der Waals surface area contributed by atoms with Crippen molar-refractivity contribution in [3.8, 4) is 11.4 Å². The summed E-state index contributed by atoms with van der Waals surface area (Å²) in [5, 5.41) is 8.12. The van der Waals surface area contributed by atoms with Crippen molar-refractivity contribution in [3.63, 3.8) is 0 Å². The normalized spacial score (nSPS) is 17.6. The maximum Gasteiger partial charge on any atom is 0.308 e. The van der Waals surface area contributed by atoms with Crippen LogP contribution >= 0.6 is 0 Å². The molecule has 1 fully saturated rings. The second-order valence-corrected chi connectivity index (χ2v) is 6.96. The van der Waals surface area contributed by atoms with Crippen LogP contribution in [0.25, 0.3) is 11.4 Å². The van der Waals surface area contributed by atoms with Gasteiger partial charge in [0.2, 0.25) is 0 Å². The number of aromatic nitrogens is 4. The van der Waals surface area contributed by atoms with Crippen LogP contribution in [0, 0.1) is 0 Å². The van der Waals surface area contributed by atoms with Crippen LogP contribution < -0.4 is 5.32 Å². The lowest BCUT2D eigenvalue weighted by Gasteiger charge is -2.26. The van der Waals surface area contributed by atoms with E-state index in [1.54, 1.807) is 6.20 Å². The molecular weight excluding hydrogens is 342 g/mol. The number of anilines is 2. The summed E-state index contributed by atoms with van der Waals surface area (Å²) in [4.78, 5) is 21.3. The van der Waals surface area contributed by atoms with Crippen LogP contribution in [0.4, 0.5) is 11.6 Å². The van der Waals surface area contributed by atoms with E-state index in [2.05, 4.69) is 16.4 Å². The highest BCUT2D eigenvalue weighted by atomic mass is 16.5. The molecule has 0 amide bonds. The second-order valence-electron chi connectivity index (χ2n) is 6.96. The third-order valence-electron chi connectivity index (χ3n) is 5.09. The summed E-state index contributed by atoms with van der Waals surface area (Å²) >= 11 is 0. The number of hydrogen-bond donors (Lipinski definition) is 1.